The minimum Gasteiger partial charge on any atom is -0.460 e. The molecule has 16 rings (SSSR count). The van der Waals surface area contributed by atoms with Crippen LogP contribution in [0.4, 0.5) is 0 Å². The molecule has 5 heterocycles. The average molecular weight is 932 g/mol. The van der Waals surface area contributed by atoms with Crippen molar-refractivity contribution in [1.82, 2.24) is 13.7 Å². The van der Waals surface area contributed by atoms with Crippen molar-refractivity contribution in [2.75, 3.05) is 0 Å². The van der Waals surface area contributed by atoms with Gasteiger partial charge in [-0.3, -0.25) is 0 Å². The van der Waals surface area contributed by atoms with Gasteiger partial charge in [-0.25, -0.2) is 0 Å². The number of aryl methyl sites for hydroxylation is 1. The zero-order valence-corrected chi connectivity index (χ0v) is 39.0. The van der Waals surface area contributed by atoms with E-state index < -0.39 is 0 Å². The van der Waals surface area contributed by atoms with Crippen LogP contribution in [0.5, 0.6) is 0 Å². The molecular formula is C66H37N5O2. The van der Waals surface area contributed by atoms with E-state index in [4.69, 9.17) is 8.83 Å². The van der Waals surface area contributed by atoms with Crippen LogP contribution in [-0.2, 0) is 6.42 Å². The van der Waals surface area contributed by atoms with Crippen molar-refractivity contribution < 1.29 is 8.83 Å². The Balaban J connectivity index is 1.19. The molecule has 73 heavy (non-hydrogen) atoms. The van der Waals surface area contributed by atoms with Gasteiger partial charge in [0, 0.05) is 72.1 Å². The number of benzene rings is 10. The molecule has 0 N–H and O–H groups in total. The first-order chi connectivity index (χ1) is 36.1. The molecule has 0 bridgehead atoms. The molecule has 0 radical (unpaired) electrons. The molecule has 1 aliphatic carbocycles. The third-order valence-electron chi connectivity index (χ3n) is 15.5. The van der Waals surface area contributed by atoms with Crippen LogP contribution >= 0.6 is 0 Å². The van der Waals surface area contributed by atoms with Crippen molar-refractivity contribution in [3.05, 3.63) is 217 Å². The summed E-state index contributed by atoms with van der Waals surface area (Å²) in [5.41, 5.74) is 12.9. The minimum absolute atomic E-state index is 0.355. The summed E-state index contributed by atoms with van der Waals surface area (Å²) in [5, 5.41) is 36.2. The molecule has 7 heteroatoms. The zero-order chi connectivity index (χ0) is 48.1. The fourth-order valence-corrected chi connectivity index (χ4v) is 12.5. The van der Waals surface area contributed by atoms with Gasteiger partial charge in [0.1, 0.15) is 45.8 Å². The van der Waals surface area contributed by atoms with Crippen LogP contribution in [0.15, 0.2) is 203 Å². The molecule has 7 nitrogen and oxygen atoms in total. The van der Waals surface area contributed by atoms with E-state index in [2.05, 4.69) is 202 Å². The predicted octanol–water partition coefficient (Wildman–Crippen LogP) is 17.1. The summed E-state index contributed by atoms with van der Waals surface area (Å²) in [6, 6.07) is 71.1. The normalized spacial score (nSPS) is 12.7. The first kappa shape index (κ1) is 39.7. The van der Waals surface area contributed by atoms with Gasteiger partial charge in [0.15, 0.2) is 0 Å². The first-order valence-corrected chi connectivity index (χ1v) is 24.7. The lowest BCUT2D eigenvalue weighted by atomic mass is 9.90. The number of nitriles is 2. The van der Waals surface area contributed by atoms with E-state index in [-0.39, 0.29) is 0 Å². The molecular weight excluding hydrogens is 895 g/mol. The van der Waals surface area contributed by atoms with E-state index >= 15 is 0 Å². The second-order valence-electron chi connectivity index (χ2n) is 19.2. The number of hydrogen-bond donors (Lipinski definition) is 0. The summed E-state index contributed by atoms with van der Waals surface area (Å²) in [7, 11) is 0. The lowest BCUT2D eigenvalue weighted by molar-refractivity contribution is 0.546. The first-order valence-electron chi connectivity index (χ1n) is 24.7. The highest BCUT2D eigenvalue weighted by Crippen LogP contribution is 2.50. The van der Waals surface area contributed by atoms with Crippen molar-refractivity contribution in [2.45, 2.75) is 12.8 Å². The van der Waals surface area contributed by atoms with E-state index in [9.17, 15) is 10.5 Å². The van der Waals surface area contributed by atoms with Gasteiger partial charge >= 0.3 is 0 Å². The van der Waals surface area contributed by atoms with E-state index in [0.717, 1.165) is 144 Å². The van der Waals surface area contributed by atoms with Crippen molar-refractivity contribution in [1.29, 1.82) is 10.5 Å². The third-order valence-corrected chi connectivity index (χ3v) is 15.5. The lowest BCUT2D eigenvalue weighted by Crippen LogP contribution is -2.14. The Morgan fingerprint density at radius 1 is 0.384 bits per heavy atom. The van der Waals surface area contributed by atoms with Gasteiger partial charge in [0.05, 0.1) is 50.2 Å². The Bertz CT molecular complexity index is 4810. The molecule has 5 aromatic heterocycles. The molecule has 0 atom stereocenters. The molecule has 0 unspecified atom stereocenters. The van der Waals surface area contributed by atoms with Gasteiger partial charge in [-0.2, -0.15) is 10.5 Å². The number of hydrogen-bond acceptors (Lipinski definition) is 4. The molecule has 0 saturated carbocycles. The Morgan fingerprint density at radius 3 is 1.51 bits per heavy atom. The highest BCUT2D eigenvalue weighted by atomic mass is 16.3. The molecule has 15 aromatic rings. The van der Waals surface area contributed by atoms with Crippen molar-refractivity contribution in [2.24, 2.45) is 0 Å². The van der Waals surface area contributed by atoms with Crippen LogP contribution in [0.3, 0.4) is 0 Å². The van der Waals surface area contributed by atoms with Crippen molar-refractivity contribution in [3.63, 3.8) is 0 Å². The second kappa shape index (κ2) is 14.7. The van der Waals surface area contributed by atoms with E-state index in [1.807, 2.05) is 24.3 Å². The number of rotatable bonds is 4. The molecule has 0 fully saturated rings. The second-order valence-corrected chi connectivity index (χ2v) is 19.2. The number of allylic oxidation sites excluding steroid dienone is 1. The van der Waals surface area contributed by atoms with Crippen LogP contribution < -0.4 is 0 Å². The molecule has 1 aliphatic rings. The topological polar surface area (TPSA) is 88.7 Å². The van der Waals surface area contributed by atoms with E-state index in [0.29, 0.717) is 28.2 Å². The van der Waals surface area contributed by atoms with Crippen LogP contribution in [0.2, 0.25) is 0 Å². The maximum Gasteiger partial charge on any atom is 0.137 e. The number of para-hydroxylation sites is 5. The van der Waals surface area contributed by atoms with Crippen molar-refractivity contribution >= 4 is 115 Å². The molecule has 338 valence electrons. The quantitative estimate of drug-likeness (QED) is 0.176. The minimum atomic E-state index is 0.355. The van der Waals surface area contributed by atoms with Crippen LogP contribution in [0, 0.1) is 22.7 Å². The molecule has 0 saturated heterocycles. The van der Waals surface area contributed by atoms with Gasteiger partial charge in [-0.15, -0.1) is 0 Å². The maximum atomic E-state index is 12.4. The monoisotopic (exact) mass is 931 g/mol. The predicted molar refractivity (Wildman–Crippen MR) is 296 cm³/mol. The lowest BCUT2D eigenvalue weighted by Gasteiger charge is -2.26. The highest BCUT2D eigenvalue weighted by Gasteiger charge is 2.34. The maximum absolute atomic E-state index is 12.4. The fourth-order valence-electron chi connectivity index (χ4n) is 12.5. The van der Waals surface area contributed by atoms with Gasteiger partial charge in [0.25, 0.3) is 0 Å². The largest absolute Gasteiger partial charge is 0.460 e. The zero-order valence-electron chi connectivity index (χ0n) is 39.0. The van der Waals surface area contributed by atoms with Crippen LogP contribution in [0.1, 0.15) is 28.9 Å². The van der Waals surface area contributed by atoms with Gasteiger partial charge in [-0.05, 0) is 83.4 Å². The summed E-state index contributed by atoms with van der Waals surface area (Å²) in [6.07, 6.45) is 6.14. The highest BCUT2D eigenvalue weighted by molar-refractivity contribution is 6.19. The molecule has 10 aromatic carbocycles. The molecule has 0 spiro atoms. The van der Waals surface area contributed by atoms with Crippen LogP contribution in [0.25, 0.3) is 143 Å². The van der Waals surface area contributed by atoms with Gasteiger partial charge in [-0.1, -0.05) is 133 Å². The van der Waals surface area contributed by atoms with Crippen molar-refractivity contribution in [3.8, 4) is 40.3 Å². The Hall–Kier alpha value is -10.1. The van der Waals surface area contributed by atoms with E-state index in [1.54, 1.807) is 0 Å². The summed E-state index contributed by atoms with van der Waals surface area (Å²) >= 11 is 0. The van der Waals surface area contributed by atoms with E-state index in [1.165, 1.54) is 0 Å². The SMILES string of the molecule is N#Cc1c(-n2c3cc4ccccc4cc3c3cc4c5c(oc4cc32)CCC=C5)c(C#N)c(-n2c3ccccc3c3ccccc32)c(-c2ccc3oc4ccccc4c3c2)c1-n1c2ccccc2c2ccccc21. The summed E-state index contributed by atoms with van der Waals surface area (Å²) < 4.78 is 20.0. The number of aromatic nitrogens is 3. The summed E-state index contributed by atoms with van der Waals surface area (Å²) in [6.45, 7) is 0. The van der Waals surface area contributed by atoms with Crippen LogP contribution in [-0.4, -0.2) is 13.7 Å². The Kier molecular flexibility index (Phi) is 8.02. The summed E-state index contributed by atoms with van der Waals surface area (Å²) in [5.74, 6) is 0.968. The standard InChI is InChI=1S/C66H37N5O2/c67-36-51-64(71-57-33-39-16-2-1-15-38(39)31-47(57)48-34-50-46-22-8-14-28-60(46)73-62(50)35-58(48)71)52(37-68)66(70-55-25-11-5-19-43(55)44-20-6-12-26-56(44)70)63(40-29-30-61-49(32-40)45-21-7-13-27-59(45)72-61)65(51)69-53-23-9-3-17-41(53)42-18-4-10-24-54(42)69/h1-13,15-27,29-35H,14,28H2. The van der Waals surface area contributed by atoms with Gasteiger partial charge in [0.2, 0.25) is 0 Å². The van der Waals surface area contributed by atoms with Gasteiger partial charge < -0.3 is 22.5 Å². The average Bonchev–Trinajstić information content (AvgIpc) is 4.28. The molecule has 0 aliphatic heterocycles. The Labute approximate surface area is 416 Å². The smallest absolute Gasteiger partial charge is 0.137 e. The Morgan fingerprint density at radius 2 is 0.890 bits per heavy atom. The fraction of sp³-hybridized carbons (Fsp3) is 0.0303. The third kappa shape index (κ3) is 5.35. The molecule has 0 amide bonds. The number of furan rings is 2. The summed E-state index contributed by atoms with van der Waals surface area (Å²) in [4.78, 5) is 0. The number of nitrogens with zero attached hydrogens (tertiary/aromatic N) is 5. The number of fused-ring (bicyclic) bond motifs is 16.